The highest BCUT2D eigenvalue weighted by molar-refractivity contribution is 6.32. The normalized spacial score (nSPS) is 14.8. The van der Waals surface area contributed by atoms with Gasteiger partial charge >= 0.3 is 0 Å². The zero-order chi connectivity index (χ0) is 15.9. The molecule has 5 heteroatoms. The fourth-order valence-corrected chi connectivity index (χ4v) is 2.19. The number of nitrogens with one attached hydrogen (secondary N) is 1. The quantitative estimate of drug-likeness (QED) is 0.689. The molecule has 2 unspecified atom stereocenters. The largest absolute Gasteiger partial charge is 0.489 e. The first-order valence-corrected chi connectivity index (χ1v) is 7.60. The van der Waals surface area contributed by atoms with Gasteiger partial charge in [0.25, 0.3) is 0 Å². The third kappa shape index (κ3) is 8.27. The number of para-hydroxylation sites is 1. The molecule has 0 aliphatic heterocycles. The lowest BCUT2D eigenvalue weighted by Crippen LogP contribution is -2.37. The Kier molecular flexibility index (Phi) is 7.46. The third-order valence-electron chi connectivity index (χ3n) is 2.88. The highest BCUT2D eigenvalue weighted by Crippen LogP contribution is 2.23. The molecule has 0 heterocycles. The minimum Gasteiger partial charge on any atom is -0.489 e. The summed E-state index contributed by atoms with van der Waals surface area (Å²) in [6.07, 6.45) is -0.351. The van der Waals surface area contributed by atoms with Gasteiger partial charge in [-0.3, -0.25) is 0 Å². The van der Waals surface area contributed by atoms with E-state index in [0.29, 0.717) is 30.3 Å². The van der Waals surface area contributed by atoms with Gasteiger partial charge in [-0.1, -0.05) is 44.5 Å². The van der Waals surface area contributed by atoms with E-state index >= 15 is 0 Å². The molecule has 0 radical (unpaired) electrons. The molecule has 0 amide bonds. The van der Waals surface area contributed by atoms with E-state index in [2.05, 4.69) is 26.1 Å². The number of aliphatic hydroxyl groups is 2. The van der Waals surface area contributed by atoms with Crippen molar-refractivity contribution >= 4 is 11.6 Å². The minimum atomic E-state index is -0.650. The Labute approximate surface area is 132 Å². The smallest absolute Gasteiger partial charge is 0.138 e. The number of ether oxygens (including phenoxy) is 1. The summed E-state index contributed by atoms with van der Waals surface area (Å²) in [6.45, 7) is 7.24. The van der Waals surface area contributed by atoms with Gasteiger partial charge in [0.2, 0.25) is 0 Å². The van der Waals surface area contributed by atoms with Gasteiger partial charge in [0.1, 0.15) is 18.5 Å². The van der Waals surface area contributed by atoms with Crippen LogP contribution in [0.25, 0.3) is 0 Å². The van der Waals surface area contributed by atoms with Crippen LogP contribution in [0.4, 0.5) is 0 Å². The van der Waals surface area contributed by atoms with Crippen molar-refractivity contribution in [1.82, 2.24) is 5.32 Å². The molecular weight excluding hydrogens is 290 g/mol. The van der Waals surface area contributed by atoms with Crippen molar-refractivity contribution in [1.29, 1.82) is 0 Å². The second-order valence-corrected chi connectivity index (χ2v) is 6.88. The predicted octanol–water partition coefficient (Wildman–Crippen LogP) is 2.47. The van der Waals surface area contributed by atoms with E-state index in [9.17, 15) is 10.2 Å². The molecule has 2 atom stereocenters. The van der Waals surface area contributed by atoms with E-state index in [-0.39, 0.29) is 12.0 Å². The number of hydrogen-bond donors (Lipinski definition) is 3. The molecule has 0 spiro atoms. The molecule has 4 nitrogen and oxygen atoms in total. The SMILES string of the molecule is CC(C)(C)CC(O)CNCC(O)COc1ccccc1Cl. The van der Waals surface area contributed by atoms with Crippen LogP contribution in [-0.2, 0) is 0 Å². The molecule has 0 fully saturated rings. The van der Waals surface area contributed by atoms with Crippen LogP contribution >= 0.6 is 11.6 Å². The molecule has 0 aromatic heterocycles. The summed E-state index contributed by atoms with van der Waals surface area (Å²) >= 11 is 5.96. The Hall–Kier alpha value is -0.810. The molecule has 0 aliphatic carbocycles. The van der Waals surface area contributed by atoms with E-state index in [0.717, 1.165) is 0 Å². The zero-order valence-electron chi connectivity index (χ0n) is 13.0. The molecule has 3 N–H and O–H groups in total. The van der Waals surface area contributed by atoms with Crippen LogP contribution in [0.1, 0.15) is 27.2 Å². The van der Waals surface area contributed by atoms with Gasteiger partial charge in [-0.05, 0) is 24.0 Å². The van der Waals surface area contributed by atoms with Crippen molar-refractivity contribution in [2.75, 3.05) is 19.7 Å². The average Bonchev–Trinajstić information content (AvgIpc) is 2.35. The van der Waals surface area contributed by atoms with Gasteiger partial charge < -0.3 is 20.3 Å². The lowest BCUT2D eigenvalue weighted by molar-refractivity contribution is 0.0907. The van der Waals surface area contributed by atoms with Crippen molar-refractivity contribution in [2.24, 2.45) is 5.41 Å². The van der Waals surface area contributed by atoms with Crippen molar-refractivity contribution in [3.05, 3.63) is 29.3 Å². The molecule has 0 bridgehead atoms. The number of benzene rings is 1. The zero-order valence-corrected chi connectivity index (χ0v) is 13.7. The van der Waals surface area contributed by atoms with Crippen molar-refractivity contribution in [3.8, 4) is 5.75 Å². The van der Waals surface area contributed by atoms with Gasteiger partial charge in [0.05, 0.1) is 11.1 Å². The number of hydrogen-bond acceptors (Lipinski definition) is 4. The Morgan fingerprint density at radius 2 is 1.76 bits per heavy atom. The number of aliphatic hydroxyl groups excluding tert-OH is 2. The Bertz CT molecular complexity index is 420. The van der Waals surface area contributed by atoms with E-state index < -0.39 is 12.2 Å². The molecule has 0 aliphatic rings. The minimum absolute atomic E-state index is 0.0902. The fourth-order valence-electron chi connectivity index (χ4n) is 2.00. The van der Waals surface area contributed by atoms with Crippen LogP contribution in [0.2, 0.25) is 5.02 Å². The fraction of sp³-hybridized carbons (Fsp3) is 0.625. The molecule has 0 saturated carbocycles. The third-order valence-corrected chi connectivity index (χ3v) is 3.19. The van der Waals surface area contributed by atoms with Crippen LogP contribution in [0.3, 0.4) is 0 Å². The summed E-state index contributed by atoms with van der Waals surface area (Å²) in [6, 6.07) is 7.15. The Balaban J connectivity index is 2.20. The molecule has 120 valence electrons. The molecule has 1 aromatic carbocycles. The standard InChI is InChI=1S/C16H26ClNO3/c1-16(2,3)8-12(19)9-18-10-13(20)11-21-15-7-5-4-6-14(15)17/h4-7,12-13,18-20H,8-11H2,1-3H3. The maximum atomic E-state index is 9.85. The van der Waals surface area contributed by atoms with Gasteiger partial charge in [-0.25, -0.2) is 0 Å². The Morgan fingerprint density at radius 1 is 1.14 bits per heavy atom. The summed E-state index contributed by atoms with van der Waals surface area (Å²) in [5, 5.41) is 23.3. The van der Waals surface area contributed by atoms with E-state index in [1.54, 1.807) is 12.1 Å². The highest BCUT2D eigenvalue weighted by Gasteiger charge is 2.16. The first-order valence-electron chi connectivity index (χ1n) is 7.22. The van der Waals surface area contributed by atoms with Crippen LogP contribution in [-0.4, -0.2) is 42.1 Å². The highest BCUT2D eigenvalue weighted by atomic mass is 35.5. The molecule has 1 rings (SSSR count). The van der Waals surface area contributed by atoms with E-state index in [1.165, 1.54) is 0 Å². The van der Waals surface area contributed by atoms with Gasteiger partial charge in [0, 0.05) is 13.1 Å². The summed E-state index contributed by atoms with van der Waals surface area (Å²) < 4.78 is 5.45. The lowest BCUT2D eigenvalue weighted by atomic mass is 9.89. The molecule has 0 saturated heterocycles. The van der Waals surface area contributed by atoms with E-state index in [4.69, 9.17) is 16.3 Å². The maximum Gasteiger partial charge on any atom is 0.138 e. The Morgan fingerprint density at radius 3 is 2.38 bits per heavy atom. The second-order valence-electron chi connectivity index (χ2n) is 6.47. The maximum absolute atomic E-state index is 9.85. The van der Waals surface area contributed by atoms with Crippen LogP contribution in [0.5, 0.6) is 5.75 Å². The van der Waals surface area contributed by atoms with Crippen LogP contribution in [0, 0.1) is 5.41 Å². The van der Waals surface area contributed by atoms with Crippen LogP contribution < -0.4 is 10.1 Å². The average molecular weight is 316 g/mol. The molecule has 1 aromatic rings. The number of rotatable bonds is 8. The summed E-state index contributed by atoms with van der Waals surface area (Å²) in [4.78, 5) is 0. The topological polar surface area (TPSA) is 61.7 Å². The monoisotopic (exact) mass is 315 g/mol. The second kappa shape index (κ2) is 8.59. The number of halogens is 1. The van der Waals surface area contributed by atoms with Gasteiger partial charge in [0.15, 0.2) is 0 Å². The van der Waals surface area contributed by atoms with Gasteiger partial charge in [-0.2, -0.15) is 0 Å². The lowest BCUT2D eigenvalue weighted by Gasteiger charge is -2.23. The van der Waals surface area contributed by atoms with Crippen molar-refractivity contribution < 1.29 is 14.9 Å². The van der Waals surface area contributed by atoms with Gasteiger partial charge in [-0.15, -0.1) is 0 Å². The predicted molar refractivity (Wildman–Crippen MR) is 85.9 cm³/mol. The van der Waals surface area contributed by atoms with Crippen molar-refractivity contribution in [2.45, 2.75) is 39.4 Å². The van der Waals surface area contributed by atoms with Crippen LogP contribution in [0.15, 0.2) is 24.3 Å². The molecular formula is C16H26ClNO3. The molecule has 21 heavy (non-hydrogen) atoms. The summed E-state index contributed by atoms with van der Waals surface area (Å²) in [7, 11) is 0. The first kappa shape index (κ1) is 18.2. The first-order chi connectivity index (χ1) is 9.78. The summed E-state index contributed by atoms with van der Waals surface area (Å²) in [5.74, 6) is 0.561. The summed E-state index contributed by atoms with van der Waals surface area (Å²) in [5.41, 5.74) is 0.0902. The van der Waals surface area contributed by atoms with Crippen molar-refractivity contribution in [3.63, 3.8) is 0 Å². The van der Waals surface area contributed by atoms with E-state index in [1.807, 2.05) is 12.1 Å².